The maximum atomic E-state index is 14.1. The molecule has 2 aliphatic rings. The van der Waals surface area contributed by atoms with Crippen molar-refractivity contribution in [3.63, 3.8) is 0 Å². The van der Waals surface area contributed by atoms with Gasteiger partial charge in [-0.25, -0.2) is 8.42 Å². The van der Waals surface area contributed by atoms with Crippen LogP contribution in [0.4, 0.5) is 5.69 Å². The third kappa shape index (κ3) is 6.83. The third-order valence-corrected chi connectivity index (χ3v) is 10.8. The lowest BCUT2D eigenvalue weighted by Crippen LogP contribution is -2.53. The van der Waals surface area contributed by atoms with Crippen molar-refractivity contribution in [2.45, 2.75) is 53.3 Å². The number of aromatic nitrogens is 1. The molecular formula is C31H42N4O4S2. The third-order valence-electron chi connectivity index (χ3n) is 8.32. The van der Waals surface area contributed by atoms with E-state index in [1.165, 1.54) is 0 Å². The molecule has 2 aromatic carbocycles. The fourth-order valence-electron chi connectivity index (χ4n) is 5.91. The predicted molar refractivity (Wildman–Crippen MR) is 166 cm³/mol. The Balaban J connectivity index is 1.42. The largest absolute Gasteiger partial charge is 0.494 e. The van der Waals surface area contributed by atoms with Crippen LogP contribution in [0.3, 0.4) is 0 Å². The van der Waals surface area contributed by atoms with Crippen LogP contribution in [-0.4, -0.2) is 99.6 Å². The van der Waals surface area contributed by atoms with E-state index in [1.807, 2.05) is 18.4 Å². The zero-order chi connectivity index (χ0) is 28.8. The van der Waals surface area contributed by atoms with Crippen molar-refractivity contribution in [2.24, 2.45) is 0 Å². The summed E-state index contributed by atoms with van der Waals surface area (Å²) < 4.78 is 34.0. The van der Waals surface area contributed by atoms with Gasteiger partial charge in [-0.3, -0.25) is 14.8 Å². The number of β-amino-alcohol motifs (C(OH)–C–C–N with tert-alkyl or cyclic N) is 1. The van der Waals surface area contributed by atoms with E-state index < -0.39 is 9.84 Å². The predicted octanol–water partition coefficient (Wildman–Crippen LogP) is 4.55. The Morgan fingerprint density at radius 3 is 2.41 bits per heavy atom. The number of hydrogen-bond acceptors (Lipinski definition) is 9. The number of benzene rings is 2. The van der Waals surface area contributed by atoms with Gasteiger partial charge in [0.25, 0.3) is 0 Å². The van der Waals surface area contributed by atoms with Gasteiger partial charge < -0.3 is 14.7 Å². The standard InChI is InChI=1S/C31H42N4O4S2/c1-3-4-21-39-25-5-8-27(9-6-25)41(37,38)30-23-32-29-10-7-26(40-2)22-28(29)31(30)35-13-11-24(12-14-35)34-17-15-33(16-18-34)19-20-36/h5-10,22-24,36H,3-4,11-21H2,1-2H3. The smallest absolute Gasteiger partial charge is 0.210 e. The zero-order valence-electron chi connectivity index (χ0n) is 24.2. The highest BCUT2D eigenvalue weighted by Gasteiger charge is 2.32. The van der Waals surface area contributed by atoms with Crippen molar-refractivity contribution in [3.8, 4) is 5.75 Å². The van der Waals surface area contributed by atoms with Gasteiger partial charge in [-0.05, 0) is 68.0 Å². The maximum Gasteiger partial charge on any atom is 0.210 e. The quantitative estimate of drug-likeness (QED) is 0.252. The number of piperazine rings is 1. The molecule has 10 heteroatoms. The zero-order valence-corrected chi connectivity index (χ0v) is 25.8. The molecule has 3 aromatic rings. The Kier molecular flexibility index (Phi) is 10.1. The van der Waals surface area contributed by atoms with Crippen molar-refractivity contribution in [1.82, 2.24) is 14.8 Å². The van der Waals surface area contributed by atoms with Gasteiger partial charge in [0.15, 0.2) is 0 Å². The Bertz CT molecular complexity index is 1400. The van der Waals surface area contributed by atoms with Crippen LogP contribution < -0.4 is 9.64 Å². The molecule has 2 saturated heterocycles. The number of aliphatic hydroxyl groups excluding tert-OH is 1. The summed E-state index contributed by atoms with van der Waals surface area (Å²) in [6.45, 7) is 9.25. The van der Waals surface area contributed by atoms with E-state index in [0.717, 1.165) is 93.0 Å². The van der Waals surface area contributed by atoms with E-state index in [0.29, 0.717) is 18.4 Å². The minimum atomic E-state index is -3.82. The second-order valence-electron chi connectivity index (χ2n) is 10.9. The number of sulfone groups is 1. The molecular weight excluding hydrogens is 556 g/mol. The van der Waals surface area contributed by atoms with E-state index in [-0.39, 0.29) is 16.4 Å². The van der Waals surface area contributed by atoms with E-state index >= 15 is 0 Å². The van der Waals surface area contributed by atoms with Gasteiger partial charge in [0.2, 0.25) is 9.84 Å². The van der Waals surface area contributed by atoms with Crippen molar-refractivity contribution < 1.29 is 18.3 Å². The average molecular weight is 599 g/mol. The summed E-state index contributed by atoms with van der Waals surface area (Å²) in [5.74, 6) is 0.679. The minimum Gasteiger partial charge on any atom is -0.494 e. The summed E-state index contributed by atoms with van der Waals surface area (Å²) in [4.78, 5) is 13.4. The number of ether oxygens (including phenoxy) is 1. The van der Waals surface area contributed by atoms with Crippen LogP contribution >= 0.6 is 11.8 Å². The Hall–Kier alpha value is -2.37. The van der Waals surface area contributed by atoms with Crippen LogP contribution in [0.5, 0.6) is 5.75 Å². The Morgan fingerprint density at radius 1 is 1.02 bits per heavy atom. The topological polar surface area (TPSA) is 86.2 Å². The second kappa shape index (κ2) is 13.7. The van der Waals surface area contributed by atoms with Crippen LogP contribution in [0.2, 0.25) is 0 Å². The molecule has 0 radical (unpaired) electrons. The molecule has 0 aliphatic carbocycles. The van der Waals surface area contributed by atoms with Gasteiger partial charge >= 0.3 is 0 Å². The lowest BCUT2D eigenvalue weighted by molar-refractivity contribution is 0.0747. The summed E-state index contributed by atoms with van der Waals surface area (Å²) in [6.07, 6.45) is 7.54. The molecule has 0 amide bonds. The fourth-order valence-corrected chi connectivity index (χ4v) is 7.79. The van der Waals surface area contributed by atoms with Gasteiger partial charge in [0, 0.05) is 68.3 Å². The van der Waals surface area contributed by atoms with Crippen LogP contribution in [0, 0.1) is 0 Å². The number of rotatable bonds is 11. The average Bonchev–Trinajstić information content (AvgIpc) is 3.01. The first-order valence-electron chi connectivity index (χ1n) is 14.7. The SMILES string of the molecule is CCCCOc1ccc(S(=O)(=O)c2cnc3ccc(SC)cc3c2N2CCC(N3CCN(CCO)CC3)CC2)cc1. The first-order valence-corrected chi connectivity index (χ1v) is 17.4. The summed E-state index contributed by atoms with van der Waals surface area (Å²) >= 11 is 1.65. The summed E-state index contributed by atoms with van der Waals surface area (Å²) in [7, 11) is -3.82. The number of unbranched alkanes of at least 4 members (excludes halogenated alkanes) is 1. The van der Waals surface area contributed by atoms with Crippen molar-refractivity contribution >= 4 is 38.2 Å². The normalized spacial score (nSPS) is 17.8. The molecule has 41 heavy (non-hydrogen) atoms. The van der Waals surface area contributed by atoms with Crippen LogP contribution in [0.25, 0.3) is 10.9 Å². The molecule has 5 rings (SSSR count). The summed E-state index contributed by atoms with van der Waals surface area (Å²) in [5, 5.41) is 10.2. The number of hydrogen-bond donors (Lipinski definition) is 1. The monoisotopic (exact) mass is 598 g/mol. The molecule has 2 aliphatic heterocycles. The molecule has 2 fully saturated rings. The second-order valence-corrected chi connectivity index (χ2v) is 13.6. The number of thioether (sulfide) groups is 1. The maximum absolute atomic E-state index is 14.1. The van der Waals surface area contributed by atoms with Gasteiger partial charge in [-0.2, -0.15) is 0 Å². The number of fused-ring (bicyclic) bond motifs is 1. The van der Waals surface area contributed by atoms with Crippen molar-refractivity contribution in [1.29, 1.82) is 0 Å². The molecule has 8 nitrogen and oxygen atoms in total. The van der Waals surface area contributed by atoms with Gasteiger partial charge in [-0.1, -0.05) is 13.3 Å². The van der Waals surface area contributed by atoms with Crippen molar-refractivity contribution in [3.05, 3.63) is 48.7 Å². The number of anilines is 1. The number of pyridine rings is 1. The lowest BCUT2D eigenvalue weighted by Gasteiger charge is -2.43. The molecule has 0 unspecified atom stereocenters. The highest BCUT2D eigenvalue weighted by molar-refractivity contribution is 7.98. The Morgan fingerprint density at radius 2 is 1.76 bits per heavy atom. The highest BCUT2D eigenvalue weighted by atomic mass is 32.2. The first kappa shape index (κ1) is 30.1. The molecule has 0 atom stereocenters. The minimum absolute atomic E-state index is 0.207. The highest BCUT2D eigenvalue weighted by Crippen LogP contribution is 2.39. The number of piperidine rings is 1. The molecule has 1 N–H and O–H groups in total. The van der Waals surface area contributed by atoms with Crippen LogP contribution in [0.1, 0.15) is 32.6 Å². The molecule has 3 heterocycles. The van der Waals surface area contributed by atoms with Crippen LogP contribution in [0.15, 0.2) is 63.3 Å². The molecule has 0 saturated carbocycles. The molecule has 0 spiro atoms. The molecule has 0 bridgehead atoms. The number of aliphatic hydroxyl groups is 1. The van der Waals surface area contributed by atoms with Gasteiger partial charge in [0.1, 0.15) is 10.6 Å². The Labute approximate surface area is 248 Å². The summed E-state index contributed by atoms with van der Waals surface area (Å²) in [5.41, 5.74) is 1.57. The van der Waals surface area contributed by atoms with Crippen molar-refractivity contribution in [2.75, 3.05) is 70.2 Å². The van der Waals surface area contributed by atoms with E-state index in [9.17, 15) is 13.5 Å². The van der Waals surface area contributed by atoms with E-state index in [4.69, 9.17) is 4.74 Å². The first-order chi connectivity index (χ1) is 19.9. The van der Waals surface area contributed by atoms with Gasteiger partial charge in [0.05, 0.1) is 29.3 Å². The fraction of sp³-hybridized carbons (Fsp3) is 0.516. The summed E-state index contributed by atoms with van der Waals surface area (Å²) in [6, 6.07) is 13.4. The van der Waals surface area contributed by atoms with E-state index in [2.05, 4.69) is 32.7 Å². The number of nitrogens with zero attached hydrogens (tertiary/aromatic N) is 4. The van der Waals surface area contributed by atoms with Crippen LogP contribution in [-0.2, 0) is 9.84 Å². The molecule has 222 valence electrons. The lowest BCUT2D eigenvalue weighted by atomic mass is 10.0. The van der Waals surface area contributed by atoms with Gasteiger partial charge in [-0.15, -0.1) is 11.8 Å². The van der Waals surface area contributed by atoms with E-state index in [1.54, 1.807) is 42.2 Å². The molecule has 1 aromatic heterocycles.